The van der Waals surface area contributed by atoms with Crippen molar-refractivity contribution in [3.05, 3.63) is 71.9 Å². The normalized spacial score (nSPS) is 15.0. The Balaban J connectivity index is 1.76. The van der Waals surface area contributed by atoms with Gasteiger partial charge in [-0.3, -0.25) is 0 Å². The van der Waals surface area contributed by atoms with Crippen molar-refractivity contribution in [1.82, 2.24) is 4.98 Å². The number of piperidine rings is 1. The molecule has 0 aliphatic carbocycles. The van der Waals surface area contributed by atoms with Crippen LogP contribution in [0.4, 0.5) is 10.3 Å². The summed E-state index contributed by atoms with van der Waals surface area (Å²) in [5.41, 5.74) is 0.986. The first kappa shape index (κ1) is 18.7. The maximum absolute atomic E-state index is 13.3. The van der Waals surface area contributed by atoms with Crippen molar-refractivity contribution in [3.63, 3.8) is 0 Å². The van der Waals surface area contributed by atoms with Gasteiger partial charge in [-0.1, -0.05) is 30.3 Å². The summed E-state index contributed by atoms with van der Waals surface area (Å²) in [5, 5.41) is -0.0908. The van der Waals surface area contributed by atoms with Gasteiger partial charge in [-0.05, 0) is 49.1 Å². The fraction of sp³-hybridized carbons (Fsp3) is 0.286. The monoisotopic (exact) mass is 400 g/mol. The van der Waals surface area contributed by atoms with Gasteiger partial charge >= 0.3 is 0 Å². The SMILES string of the molecule is O=S(=O)(c1ccc(F)cc1)c1nc(Cc2ccccc2)oc1N1CCCCC1. The number of hydrogen-bond acceptors (Lipinski definition) is 5. The van der Waals surface area contributed by atoms with Gasteiger partial charge in [0.05, 0.1) is 4.90 Å². The standard InChI is InChI=1S/C21H21FN2O3S/c22-17-9-11-18(12-10-17)28(25,26)20-21(24-13-5-2-6-14-24)27-19(23-20)15-16-7-3-1-4-8-16/h1,3-4,7-12H,2,5-6,13-15H2. The molecule has 1 aromatic heterocycles. The van der Waals surface area contributed by atoms with Crippen LogP contribution in [0.2, 0.25) is 0 Å². The van der Waals surface area contributed by atoms with Crippen LogP contribution in [0.15, 0.2) is 68.9 Å². The van der Waals surface area contributed by atoms with Crippen LogP contribution in [0.3, 0.4) is 0 Å². The zero-order valence-electron chi connectivity index (χ0n) is 15.3. The summed E-state index contributed by atoms with van der Waals surface area (Å²) < 4.78 is 45.6. The highest BCUT2D eigenvalue weighted by molar-refractivity contribution is 7.91. The molecule has 5 nitrogen and oxygen atoms in total. The van der Waals surface area contributed by atoms with Crippen molar-refractivity contribution < 1.29 is 17.2 Å². The number of hydrogen-bond donors (Lipinski definition) is 0. The molecule has 2 heterocycles. The molecule has 0 N–H and O–H groups in total. The lowest BCUT2D eigenvalue weighted by atomic mass is 10.1. The van der Waals surface area contributed by atoms with E-state index in [0.29, 0.717) is 12.3 Å². The highest BCUT2D eigenvalue weighted by Crippen LogP contribution is 2.33. The Morgan fingerprint density at radius 3 is 2.32 bits per heavy atom. The summed E-state index contributed by atoms with van der Waals surface area (Å²) in [7, 11) is -3.92. The van der Waals surface area contributed by atoms with Crippen molar-refractivity contribution in [2.24, 2.45) is 0 Å². The maximum Gasteiger partial charge on any atom is 0.236 e. The summed E-state index contributed by atoms with van der Waals surface area (Å²) in [6, 6.07) is 14.4. The van der Waals surface area contributed by atoms with E-state index in [1.807, 2.05) is 35.2 Å². The van der Waals surface area contributed by atoms with E-state index in [1.165, 1.54) is 12.1 Å². The van der Waals surface area contributed by atoms with Crippen molar-refractivity contribution in [1.29, 1.82) is 0 Å². The molecule has 0 bridgehead atoms. The summed E-state index contributed by atoms with van der Waals surface area (Å²) in [5.74, 6) is 0.155. The van der Waals surface area contributed by atoms with Crippen LogP contribution >= 0.6 is 0 Å². The van der Waals surface area contributed by atoms with Gasteiger partial charge in [0.2, 0.25) is 26.6 Å². The lowest BCUT2D eigenvalue weighted by Crippen LogP contribution is -2.30. The van der Waals surface area contributed by atoms with Crippen LogP contribution in [0.25, 0.3) is 0 Å². The molecule has 1 fully saturated rings. The molecule has 0 atom stereocenters. The van der Waals surface area contributed by atoms with Crippen molar-refractivity contribution in [2.45, 2.75) is 35.6 Å². The number of benzene rings is 2. The van der Waals surface area contributed by atoms with Gasteiger partial charge in [0.15, 0.2) is 0 Å². The van der Waals surface area contributed by atoms with E-state index in [1.54, 1.807) is 0 Å². The predicted octanol–water partition coefficient (Wildman–Crippen LogP) is 4.23. The van der Waals surface area contributed by atoms with Crippen molar-refractivity contribution in [3.8, 4) is 0 Å². The summed E-state index contributed by atoms with van der Waals surface area (Å²) in [6.07, 6.45) is 3.47. The Labute approximate surface area is 163 Å². The summed E-state index contributed by atoms with van der Waals surface area (Å²) in [6.45, 7) is 1.46. The smallest absolute Gasteiger partial charge is 0.236 e. The molecule has 1 aliphatic heterocycles. The lowest BCUT2D eigenvalue weighted by molar-refractivity contribution is 0.468. The van der Waals surface area contributed by atoms with Gasteiger partial charge in [0.1, 0.15) is 5.82 Å². The van der Waals surface area contributed by atoms with Gasteiger partial charge in [-0.25, -0.2) is 12.8 Å². The van der Waals surface area contributed by atoms with Gasteiger partial charge in [-0.2, -0.15) is 4.98 Å². The van der Waals surface area contributed by atoms with Crippen LogP contribution in [-0.4, -0.2) is 26.5 Å². The van der Waals surface area contributed by atoms with E-state index in [9.17, 15) is 12.8 Å². The average molecular weight is 400 g/mol. The number of rotatable bonds is 5. The van der Waals surface area contributed by atoms with Crippen molar-refractivity contribution in [2.75, 3.05) is 18.0 Å². The zero-order valence-corrected chi connectivity index (χ0v) is 16.2. The Bertz CT molecular complexity index is 1040. The number of halogens is 1. The summed E-state index contributed by atoms with van der Waals surface area (Å²) in [4.78, 5) is 6.31. The fourth-order valence-electron chi connectivity index (χ4n) is 3.38. The van der Waals surface area contributed by atoms with Crippen LogP contribution in [-0.2, 0) is 16.3 Å². The molecule has 1 aliphatic rings. The van der Waals surface area contributed by atoms with Gasteiger partial charge in [0.25, 0.3) is 0 Å². The van der Waals surface area contributed by atoms with E-state index in [2.05, 4.69) is 4.98 Å². The van der Waals surface area contributed by atoms with Crippen molar-refractivity contribution >= 4 is 15.7 Å². The van der Waals surface area contributed by atoms with Crippen LogP contribution in [0.5, 0.6) is 0 Å². The van der Waals surface area contributed by atoms with Gasteiger partial charge in [-0.15, -0.1) is 0 Å². The number of oxazole rings is 1. The van der Waals surface area contributed by atoms with E-state index in [-0.39, 0.29) is 15.8 Å². The molecule has 0 radical (unpaired) electrons. The Hall–Kier alpha value is -2.67. The predicted molar refractivity (Wildman–Crippen MR) is 104 cm³/mol. The van der Waals surface area contributed by atoms with Crippen LogP contribution in [0.1, 0.15) is 30.7 Å². The first-order chi connectivity index (χ1) is 13.5. The number of sulfone groups is 1. The second-order valence-corrected chi connectivity index (χ2v) is 8.75. The zero-order chi connectivity index (χ0) is 19.6. The Morgan fingerprint density at radius 1 is 0.964 bits per heavy atom. The molecular weight excluding hydrogens is 379 g/mol. The maximum atomic E-state index is 13.3. The van der Waals surface area contributed by atoms with Gasteiger partial charge in [0, 0.05) is 19.5 Å². The number of anilines is 1. The molecule has 0 spiro atoms. The Kier molecular flexibility index (Phi) is 5.17. The second kappa shape index (κ2) is 7.75. The van der Waals surface area contributed by atoms with E-state index in [4.69, 9.17) is 4.42 Å². The highest BCUT2D eigenvalue weighted by atomic mass is 32.2. The molecule has 146 valence electrons. The molecule has 7 heteroatoms. The number of aromatic nitrogens is 1. The minimum absolute atomic E-state index is 0.00622. The van der Waals surface area contributed by atoms with E-state index in [0.717, 1.165) is 50.0 Å². The molecule has 0 unspecified atom stereocenters. The third kappa shape index (κ3) is 3.80. The molecular formula is C21H21FN2O3S. The van der Waals surface area contributed by atoms with Crippen LogP contribution in [0, 0.1) is 5.82 Å². The molecule has 2 aromatic carbocycles. The second-order valence-electron chi connectivity index (χ2n) is 6.89. The number of nitrogens with zero attached hydrogens (tertiary/aromatic N) is 2. The minimum atomic E-state index is -3.92. The fourth-order valence-corrected chi connectivity index (χ4v) is 4.72. The highest BCUT2D eigenvalue weighted by Gasteiger charge is 2.31. The van der Waals surface area contributed by atoms with E-state index < -0.39 is 15.7 Å². The summed E-state index contributed by atoms with van der Waals surface area (Å²) >= 11 is 0. The largest absolute Gasteiger partial charge is 0.423 e. The average Bonchev–Trinajstić information content (AvgIpc) is 3.14. The lowest BCUT2D eigenvalue weighted by Gasteiger charge is -2.26. The topological polar surface area (TPSA) is 63.4 Å². The molecule has 4 rings (SSSR count). The third-order valence-corrected chi connectivity index (χ3v) is 6.51. The molecule has 3 aromatic rings. The molecule has 1 saturated heterocycles. The van der Waals surface area contributed by atoms with E-state index >= 15 is 0 Å². The molecule has 28 heavy (non-hydrogen) atoms. The molecule has 0 amide bonds. The first-order valence-corrected chi connectivity index (χ1v) is 10.8. The minimum Gasteiger partial charge on any atom is -0.423 e. The van der Waals surface area contributed by atoms with Gasteiger partial charge < -0.3 is 9.32 Å². The third-order valence-electron chi connectivity index (χ3n) is 4.84. The Morgan fingerprint density at radius 2 is 1.64 bits per heavy atom. The van der Waals surface area contributed by atoms with Crippen LogP contribution < -0.4 is 4.90 Å². The first-order valence-electron chi connectivity index (χ1n) is 9.33. The molecule has 0 saturated carbocycles. The quantitative estimate of drug-likeness (QED) is 0.600.